The molecule has 0 bridgehead atoms. The Labute approximate surface area is 253 Å². The third-order valence-electron chi connectivity index (χ3n) is 7.18. The van der Waals surface area contributed by atoms with E-state index < -0.39 is 17.6 Å². The van der Waals surface area contributed by atoms with Gasteiger partial charge in [-0.25, -0.2) is 4.39 Å². The minimum Gasteiger partial charge on any atom is -0.493 e. The van der Waals surface area contributed by atoms with Crippen LogP contribution in [-0.4, -0.2) is 57.8 Å². The highest BCUT2D eigenvalue weighted by molar-refractivity contribution is 6.43. The number of ether oxygens (including phenoxy) is 5. The molecule has 0 unspecified atom stereocenters. The van der Waals surface area contributed by atoms with Crippen LogP contribution in [0.25, 0.3) is 10.9 Å². The Morgan fingerprint density at radius 3 is 2.09 bits per heavy atom. The van der Waals surface area contributed by atoms with E-state index >= 15 is 4.39 Å². The Kier molecular flexibility index (Phi) is 9.60. The summed E-state index contributed by atoms with van der Waals surface area (Å²) < 4.78 is 43.1. The molecule has 3 N–H and O–H groups in total. The molecule has 4 aromatic rings. The van der Waals surface area contributed by atoms with Crippen LogP contribution >= 0.6 is 0 Å². The molecular formula is C32H33FN4O7. The lowest BCUT2D eigenvalue weighted by atomic mass is 9.99. The average molecular weight is 605 g/mol. The van der Waals surface area contributed by atoms with Crippen molar-refractivity contribution in [2.75, 3.05) is 51.7 Å². The molecule has 0 aliphatic carbocycles. The molecule has 0 radical (unpaired) electrons. The molecule has 5 rings (SSSR count). The van der Waals surface area contributed by atoms with Crippen LogP contribution in [0.2, 0.25) is 0 Å². The fourth-order valence-corrected chi connectivity index (χ4v) is 4.82. The lowest BCUT2D eigenvalue weighted by molar-refractivity contribution is -0.133. The van der Waals surface area contributed by atoms with Crippen molar-refractivity contribution in [2.45, 2.75) is 12.8 Å². The number of fused-ring (bicyclic) bond motifs is 1. The maximum absolute atomic E-state index is 15.1. The van der Waals surface area contributed by atoms with Crippen LogP contribution in [0, 0.1) is 11.7 Å². The van der Waals surface area contributed by atoms with Crippen LogP contribution in [0.4, 0.5) is 15.8 Å². The Morgan fingerprint density at radius 1 is 0.795 bits per heavy atom. The van der Waals surface area contributed by atoms with Crippen LogP contribution in [0.15, 0.2) is 60.8 Å². The fraction of sp³-hybridized carbons (Fsp3) is 0.281. The smallest absolute Gasteiger partial charge is 0.314 e. The van der Waals surface area contributed by atoms with Crippen molar-refractivity contribution in [3.8, 4) is 34.5 Å². The molecule has 2 amide bonds. The minimum absolute atomic E-state index is 0.0686. The van der Waals surface area contributed by atoms with E-state index in [9.17, 15) is 9.59 Å². The summed E-state index contributed by atoms with van der Waals surface area (Å²) >= 11 is 0. The van der Waals surface area contributed by atoms with Gasteiger partial charge in [0.1, 0.15) is 5.75 Å². The Hall–Kier alpha value is -5.10. The van der Waals surface area contributed by atoms with Crippen molar-refractivity contribution in [2.24, 2.45) is 5.92 Å². The number of methoxy groups -OCH3 is 3. The summed E-state index contributed by atoms with van der Waals surface area (Å²) in [5.74, 6) is -0.0347. The van der Waals surface area contributed by atoms with E-state index in [1.54, 1.807) is 43.6 Å². The molecule has 44 heavy (non-hydrogen) atoms. The third kappa shape index (κ3) is 7.09. The molecule has 0 spiro atoms. The molecule has 2 heterocycles. The van der Waals surface area contributed by atoms with Crippen LogP contribution in [0.3, 0.4) is 0 Å². The topological polar surface area (TPSA) is 129 Å². The maximum Gasteiger partial charge on any atom is 0.314 e. The third-order valence-corrected chi connectivity index (χ3v) is 7.18. The fourth-order valence-electron chi connectivity index (χ4n) is 4.82. The molecule has 0 atom stereocenters. The lowest BCUT2D eigenvalue weighted by Gasteiger charge is -2.23. The highest BCUT2D eigenvalue weighted by Crippen LogP contribution is 2.38. The number of hydrogen-bond acceptors (Lipinski definition) is 9. The van der Waals surface area contributed by atoms with Gasteiger partial charge in [0.15, 0.2) is 34.6 Å². The van der Waals surface area contributed by atoms with Gasteiger partial charge in [-0.1, -0.05) is 0 Å². The molecular weight excluding hydrogens is 571 g/mol. The molecule has 0 saturated carbocycles. The first-order valence-electron chi connectivity index (χ1n) is 14.0. The number of amides is 2. The lowest BCUT2D eigenvalue weighted by Crippen LogP contribution is -2.30. The average Bonchev–Trinajstić information content (AvgIpc) is 3.05. The van der Waals surface area contributed by atoms with Crippen molar-refractivity contribution in [3.63, 3.8) is 0 Å². The summed E-state index contributed by atoms with van der Waals surface area (Å²) in [5.41, 5.74) is 0.979. The zero-order valence-electron chi connectivity index (χ0n) is 24.6. The highest BCUT2D eigenvalue weighted by Gasteiger charge is 2.19. The van der Waals surface area contributed by atoms with E-state index in [1.165, 1.54) is 32.4 Å². The number of nitrogens with zero attached hydrogens (tertiary/aromatic N) is 1. The molecule has 1 aromatic heterocycles. The maximum atomic E-state index is 15.1. The number of carbonyl (C=O) groups excluding carboxylic acids is 2. The first-order chi connectivity index (χ1) is 21.4. The van der Waals surface area contributed by atoms with E-state index in [0.29, 0.717) is 57.9 Å². The normalized spacial score (nSPS) is 13.2. The number of nitrogens with one attached hydrogen (secondary N) is 3. The number of aromatic nitrogens is 1. The second kappa shape index (κ2) is 13.9. The van der Waals surface area contributed by atoms with Crippen LogP contribution in [0.5, 0.6) is 34.5 Å². The molecule has 1 aliphatic heterocycles. The molecule has 230 valence electrons. The molecule has 1 saturated heterocycles. The van der Waals surface area contributed by atoms with Gasteiger partial charge in [-0.05, 0) is 68.2 Å². The van der Waals surface area contributed by atoms with Gasteiger partial charge in [-0.15, -0.1) is 0 Å². The Balaban J connectivity index is 1.26. The number of piperidine rings is 1. The quantitative estimate of drug-likeness (QED) is 0.211. The number of anilines is 2. The van der Waals surface area contributed by atoms with E-state index in [2.05, 4.69) is 20.9 Å². The van der Waals surface area contributed by atoms with Crippen LogP contribution in [-0.2, 0) is 9.59 Å². The van der Waals surface area contributed by atoms with Gasteiger partial charge in [0.05, 0.1) is 33.5 Å². The van der Waals surface area contributed by atoms with Crippen LogP contribution < -0.4 is 39.6 Å². The number of pyridine rings is 1. The first-order valence-corrected chi connectivity index (χ1v) is 14.0. The van der Waals surface area contributed by atoms with Gasteiger partial charge in [0.2, 0.25) is 0 Å². The zero-order valence-corrected chi connectivity index (χ0v) is 24.6. The van der Waals surface area contributed by atoms with Gasteiger partial charge < -0.3 is 39.6 Å². The van der Waals surface area contributed by atoms with Crippen molar-refractivity contribution in [3.05, 3.63) is 66.6 Å². The number of carbonyl (C=O) groups is 2. The van der Waals surface area contributed by atoms with E-state index in [1.807, 2.05) is 0 Å². The molecule has 12 heteroatoms. The van der Waals surface area contributed by atoms with Gasteiger partial charge in [-0.2, -0.15) is 0 Å². The second-order valence-electron chi connectivity index (χ2n) is 10.1. The molecule has 11 nitrogen and oxygen atoms in total. The highest BCUT2D eigenvalue weighted by atomic mass is 19.1. The standard InChI is InChI=1S/C32H33FN4O7/c1-40-27-7-5-21(15-28(27)41-2)37-32(39)31(38)36-20-4-6-26(23(33)14-20)44-25-10-13-35-24-17-30(29(42-3)16-22(24)25)43-18-19-8-11-34-12-9-19/h4-7,10,13-17,19,34H,8-9,11-12,18H2,1-3H3,(H,36,38)(H,37,39). The van der Waals surface area contributed by atoms with Gasteiger partial charge >= 0.3 is 11.8 Å². The summed E-state index contributed by atoms with van der Waals surface area (Å²) in [4.78, 5) is 29.4. The number of halogens is 1. The van der Waals surface area contributed by atoms with Crippen LogP contribution in [0.1, 0.15) is 12.8 Å². The predicted molar refractivity (Wildman–Crippen MR) is 163 cm³/mol. The van der Waals surface area contributed by atoms with Gasteiger partial charge in [0.25, 0.3) is 0 Å². The summed E-state index contributed by atoms with van der Waals surface area (Å²) in [6.45, 7) is 2.53. The SMILES string of the molecule is COc1ccc(NC(=O)C(=O)Nc2ccc(Oc3ccnc4cc(OCC5CCNCC5)c(OC)cc34)c(F)c2)cc1OC. The van der Waals surface area contributed by atoms with E-state index in [-0.39, 0.29) is 11.4 Å². The van der Waals surface area contributed by atoms with Crippen molar-refractivity contribution < 1.29 is 37.7 Å². The number of benzene rings is 3. The largest absolute Gasteiger partial charge is 0.493 e. The number of rotatable bonds is 10. The summed E-state index contributed by atoms with van der Waals surface area (Å²) in [6, 6.07) is 13.7. The Morgan fingerprint density at radius 2 is 1.43 bits per heavy atom. The zero-order chi connectivity index (χ0) is 31.1. The number of hydrogen-bond donors (Lipinski definition) is 3. The molecule has 1 aliphatic rings. The second-order valence-corrected chi connectivity index (χ2v) is 10.1. The van der Waals surface area contributed by atoms with Crippen molar-refractivity contribution in [1.29, 1.82) is 0 Å². The molecule has 1 fully saturated rings. The van der Waals surface area contributed by atoms with Gasteiger partial charge in [-0.3, -0.25) is 14.6 Å². The van der Waals surface area contributed by atoms with Gasteiger partial charge in [0, 0.05) is 41.2 Å². The van der Waals surface area contributed by atoms with Crippen molar-refractivity contribution in [1.82, 2.24) is 10.3 Å². The summed E-state index contributed by atoms with van der Waals surface area (Å²) in [7, 11) is 4.49. The minimum atomic E-state index is -0.988. The predicted octanol–water partition coefficient (Wildman–Crippen LogP) is 5.15. The monoisotopic (exact) mass is 604 g/mol. The van der Waals surface area contributed by atoms with Crippen molar-refractivity contribution >= 4 is 34.1 Å². The van der Waals surface area contributed by atoms with E-state index in [0.717, 1.165) is 32.0 Å². The first kappa shape index (κ1) is 30.4. The molecule has 3 aromatic carbocycles. The Bertz CT molecular complexity index is 1660. The van der Waals surface area contributed by atoms with E-state index in [4.69, 9.17) is 23.7 Å². The summed E-state index contributed by atoms with van der Waals surface area (Å²) in [6.07, 6.45) is 3.66. The summed E-state index contributed by atoms with van der Waals surface area (Å²) in [5, 5.41) is 8.80.